The number of sulfonamides is 1. The minimum Gasteiger partial charge on any atom is -0.396 e. The van der Waals surface area contributed by atoms with E-state index in [0.29, 0.717) is 53.1 Å². The predicted molar refractivity (Wildman–Crippen MR) is 178 cm³/mol. The van der Waals surface area contributed by atoms with Gasteiger partial charge in [0.25, 0.3) is 0 Å². The van der Waals surface area contributed by atoms with Crippen molar-refractivity contribution in [3.05, 3.63) is 87.7 Å². The Morgan fingerprint density at radius 2 is 1.68 bits per heavy atom. The molecule has 0 aliphatic carbocycles. The molecule has 0 spiro atoms. The number of anilines is 1. The molecule has 3 aromatic rings. The van der Waals surface area contributed by atoms with E-state index in [-0.39, 0.29) is 11.5 Å². The summed E-state index contributed by atoms with van der Waals surface area (Å²) in [6.07, 6.45) is 6.06. The van der Waals surface area contributed by atoms with Crippen molar-refractivity contribution in [2.75, 3.05) is 45.1 Å². The van der Waals surface area contributed by atoms with Gasteiger partial charge in [-0.2, -0.15) is 4.31 Å². The number of unbranched alkanes of at least 4 members (excludes halogenated alkanes) is 3. The number of pyridine rings is 1. The first-order valence-electron chi connectivity index (χ1n) is 14.9. The average Bonchev–Trinajstić information content (AvgIpc) is 3.01. The fourth-order valence-corrected chi connectivity index (χ4v) is 6.67. The second kappa shape index (κ2) is 18.3. The molecule has 1 atom stereocenters. The average molecular weight is 662 g/mol. The van der Waals surface area contributed by atoms with Crippen molar-refractivity contribution in [3.8, 4) is 11.8 Å². The summed E-state index contributed by atoms with van der Waals surface area (Å²) >= 11 is 12.4. The molecular weight excluding hydrogens is 619 g/mol. The molecule has 0 aliphatic heterocycles. The lowest BCUT2D eigenvalue weighted by Crippen LogP contribution is -2.30. The van der Waals surface area contributed by atoms with E-state index >= 15 is 0 Å². The zero-order valence-corrected chi connectivity index (χ0v) is 27.7. The number of nitrogen functional groups attached to an aromatic ring is 1. The van der Waals surface area contributed by atoms with Gasteiger partial charge in [-0.25, -0.2) is 8.42 Å². The highest BCUT2D eigenvalue weighted by Crippen LogP contribution is 2.31. The molecule has 0 amide bonds. The van der Waals surface area contributed by atoms with Crippen LogP contribution < -0.4 is 5.73 Å². The van der Waals surface area contributed by atoms with Crippen LogP contribution in [-0.4, -0.2) is 67.1 Å². The smallest absolute Gasteiger partial charge is 0.244 e. The van der Waals surface area contributed by atoms with E-state index < -0.39 is 16.1 Å². The Morgan fingerprint density at radius 1 is 1.00 bits per heavy atom. The minimum absolute atomic E-state index is 0.143. The van der Waals surface area contributed by atoms with Crippen LogP contribution in [0.25, 0.3) is 0 Å². The Morgan fingerprint density at radius 3 is 2.36 bits per heavy atom. The fourth-order valence-electron chi connectivity index (χ4n) is 4.72. The van der Waals surface area contributed by atoms with Crippen molar-refractivity contribution in [2.45, 2.75) is 57.1 Å². The van der Waals surface area contributed by atoms with Crippen LogP contribution in [-0.2, 0) is 21.3 Å². The maximum atomic E-state index is 12.7. The van der Waals surface area contributed by atoms with Crippen LogP contribution in [0.4, 0.5) is 5.69 Å². The lowest BCUT2D eigenvalue weighted by molar-refractivity contribution is 0.107. The maximum Gasteiger partial charge on any atom is 0.244 e. The zero-order valence-electron chi connectivity index (χ0n) is 25.4. The summed E-state index contributed by atoms with van der Waals surface area (Å²) in [5.74, 6) is 5.89. The quantitative estimate of drug-likeness (QED) is 0.101. The summed E-state index contributed by atoms with van der Waals surface area (Å²) in [6.45, 7) is 7.24. The van der Waals surface area contributed by atoms with Crippen LogP contribution in [0.2, 0.25) is 10.0 Å². The molecule has 1 aromatic heterocycles. The largest absolute Gasteiger partial charge is 0.396 e. The Kier molecular flexibility index (Phi) is 14.9. The van der Waals surface area contributed by atoms with Crippen LogP contribution in [0.3, 0.4) is 0 Å². The number of rotatable bonds is 17. The second-order valence-electron chi connectivity index (χ2n) is 10.4. The van der Waals surface area contributed by atoms with Gasteiger partial charge in [0.1, 0.15) is 11.5 Å². The highest BCUT2D eigenvalue weighted by Gasteiger charge is 2.22. The number of aliphatic hydroxyl groups excluding tert-OH is 1. The summed E-state index contributed by atoms with van der Waals surface area (Å²) in [6, 6.07) is 15.1. The van der Waals surface area contributed by atoms with Gasteiger partial charge in [0.2, 0.25) is 10.0 Å². The number of nitrogens with two attached hydrogens (primary N) is 1. The van der Waals surface area contributed by atoms with E-state index in [4.69, 9.17) is 33.7 Å². The Bertz CT molecular complexity index is 1470. The first-order valence-corrected chi connectivity index (χ1v) is 17.1. The molecule has 1 unspecified atom stereocenters. The van der Waals surface area contributed by atoms with Gasteiger partial charge >= 0.3 is 0 Å². The predicted octanol–water partition coefficient (Wildman–Crippen LogP) is 6.17. The summed E-state index contributed by atoms with van der Waals surface area (Å²) in [5, 5.41) is 11.6. The lowest BCUT2D eigenvalue weighted by atomic mass is 10.1. The first kappa shape index (κ1) is 35.8. The van der Waals surface area contributed by atoms with Crippen LogP contribution >= 0.6 is 23.2 Å². The number of hydrogen-bond acceptors (Lipinski definition) is 7. The van der Waals surface area contributed by atoms with Gasteiger partial charge in [-0.15, -0.1) is 0 Å². The first-order chi connectivity index (χ1) is 21.1. The molecule has 0 aliphatic rings. The molecule has 0 bridgehead atoms. The van der Waals surface area contributed by atoms with Crippen LogP contribution in [0, 0.1) is 11.8 Å². The molecule has 11 heteroatoms. The van der Waals surface area contributed by atoms with Crippen molar-refractivity contribution >= 4 is 38.9 Å². The van der Waals surface area contributed by atoms with E-state index in [9.17, 15) is 13.5 Å². The molecule has 0 radical (unpaired) electrons. The molecule has 0 saturated heterocycles. The Hall–Kier alpha value is -2.68. The highest BCUT2D eigenvalue weighted by molar-refractivity contribution is 7.89. The summed E-state index contributed by atoms with van der Waals surface area (Å²) in [5.41, 5.74) is 8.52. The van der Waals surface area contributed by atoms with Crippen LogP contribution in [0.1, 0.15) is 62.3 Å². The maximum absolute atomic E-state index is 12.7. The van der Waals surface area contributed by atoms with Gasteiger partial charge < -0.3 is 15.6 Å². The third kappa shape index (κ3) is 11.0. The highest BCUT2D eigenvalue weighted by atomic mass is 35.5. The molecule has 3 N–H and O–H groups in total. The van der Waals surface area contributed by atoms with Crippen molar-refractivity contribution in [3.63, 3.8) is 0 Å². The molecule has 8 nitrogen and oxygen atoms in total. The molecule has 0 fully saturated rings. The fraction of sp³-hybridized carbons (Fsp3) is 0.424. The van der Waals surface area contributed by atoms with Gasteiger partial charge in [0.15, 0.2) is 0 Å². The van der Waals surface area contributed by atoms with Gasteiger partial charge in [-0.3, -0.25) is 9.88 Å². The van der Waals surface area contributed by atoms with Crippen molar-refractivity contribution < 1.29 is 18.3 Å². The minimum atomic E-state index is -3.58. The normalized spacial score (nSPS) is 12.3. The number of aromatic nitrogens is 1. The van der Waals surface area contributed by atoms with E-state index in [0.717, 1.165) is 38.8 Å². The molecule has 0 saturated carbocycles. The van der Waals surface area contributed by atoms with Crippen LogP contribution in [0.15, 0.2) is 65.8 Å². The summed E-state index contributed by atoms with van der Waals surface area (Å²) in [7, 11) is -3.58. The number of hydrogen-bond donors (Lipinski definition) is 2. The number of nitrogens with zero attached hydrogens (tertiary/aromatic N) is 3. The molecule has 44 heavy (non-hydrogen) atoms. The van der Waals surface area contributed by atoms with Gasteiger partial charge in [-0.05, 0) is 48.7 Å². The summed E-state index contributed by atoms with van der Waals surface area (Å²) < 4.78 is 32.5. The van der Waals surface area contributed by atoms with Crippen molar-refractivity contribution in [1.82, 2.24) is 14.2 Å². The van der Waals surface area contributed by atoms with Gasteiger partial charge in [0.05, 0.1) is 21.8 Å². The second-order valence-corrected chi connectivity index (χ2v) is 13.2. The van der Waals surface area contributed by atoms with Gasteiger partial charge in [0, 0.05) is 50.7 Å². The molecular formula is C33H42Cl2N4O4S. The van der Waals surface area contributed by atoms with Crippen LogP contribution in [0.5, 0.6) is 0 Å². The lowest BCUT2D eigenvalue weighted by Gasteiger charge is -2.26. The summed E-state index contributed by atoms with van der Waals surface area (Å²) in [4.78, 5) is 6.43. The topological polar surface area (TPSA) is 109 Å². The molecule has 3 rings (SSSR count). The number of halogens is 2. The number of ether oxygens (including phenoxy) is 1. The van der Waals surface area contributed by atoms with Crippen molar-refractivity contribution in [2.24, 2.45) is 0 Å². The molecule has 1 heterocycles. The van der Waals surface area contributed by atoms with E-state index in [1.54, 1.807) is 38.2 Å². The van der Waals surface area contributed by atoms with Crippen molar-refractivity contribution in [1.29, 1.82) is 0 Å². The van der Waals surface area contributed by atoms with E-state index in [1.807, 2.05) is 18.2 Å². The SMILES string of the molecule is CCN(CC)S(=O)(=O)c1cncc(C#CCOCCCCCCN(Cc2ccccc2)CC(O)c2cc(Cl)c(N)c(Cl)c2)c1. The monoisotopic (exact) mass is 660 g/mol. The number of benzene rings is 2. The standard InChI is InChI=1S/C33H42Cl2N4O4S/c1-3-39(4-2)44(41,42)29-19-27(22-37-23-29)15-12-18-43-17-11-6-5-10-16-38(24-26-13-8-7-9-14-26)25-32(40)28-20-30(34)33(36)31(35)21-28/h7-9,13-14,19-23,32,40H,3-6,10-11,16-18,24-25,36H2,1-2H3. The third-order valence-electron chi connectivity index (χ3n) is 7.14. The van der Waals surface area contributed by atoms with E-state index in [2.05, 4.69) is 33.9 Å². The molecule has 238 valence electrons. The van der Waals surface area contributed by atoms with E-state index in [1.165, 1.54) is 16.1 Å². The zero-order chi connectivity index (χ0) is 32.0. The Labute approximate surface area is 272 Å². The van der Waals surface area contributed by atoms with Gasteiger partial charge in [-0.1, -0.05) is 92.1 Å². The number of aliphatic hydroxyl groups is 1. The molecule has 2 aromatic carbocycles. The Balaban J connectivity index is 1.42. The third-order valence-corrected chi connectivity index (χ3v) is 9.78.